The number of fused-ring (bicyclic) bond motifs is 5. The number of amides is 2. The molecule has 3 aliphatic heterocycles. The third kappa shape index (κ3) is 2.44. The van der Waals surface area contributed by atoms with Crippen molar-refractivity contribution in [3.8, 4) is 5.69 Å². The van der Waals surface area contributed by atoms with Crippen LogP contribution in [0.4, 0.5) is 10.6 Å². The first-order chi connectivity index (χ1) is 12.6. The third-order valence-electron chi connectivity index (χ3n) is 5.55. The number of likely N-dealkylation sites (tertiary alicyclic amines) is 1. The zero-order valence-corrected chi connectivity index (χ0v) is 15.1. The van der Waals surface area contributed by atoms with Crippen LogP contribution < -0.4 is 5.32 Å². The van der Waals surface area contributed by atoms with Crippen LogP contribution in [0.3, 0.4) is 0 Å². The van der Waals surface area contributed by atoms with Gasteiger partial charge in [-0.2, -0.15) is 0 Å². The minimum atomic E-state index is -0.109. The molecule has 4 heterocycles. The fraction of sp³-hybridized carbons (Fsp3) is 0.368. The van der Waals surface area contributed by atoms with Crippen LogP contribution >= 0.6 is 11.6 Å². The van der Waals surface area contributed by atoms with E-state index in [1.807, 2.05) is 42.2 Å². The molecule has 3 aliphatic rings. The van der Waals surface area contributed by atoms with Crippen LogP contribution in [0.2, 0.25) is 5.02 Å². The Morgan fingerprint density at radius 3 is 2.62 bits per heavy atom. The Labute approximate surface area is 156 Å². The molecule has 4 unspecified atom stereocenters. The van der Waals surface area contributed by atoms with E-state index in [1.165, 1.54) is 0 Å². The summed E-state index contributed by atoms with van der Waals surface area (Å²) in [5.41, 5.74) is 1.70. The molecule has 4 atom stereocenters. The van der Waals surface area contributed by atoms with Crippen LogP contribution in [0, 0.1) is 18.8 Å². The van der Waals surface area contributed by atoms with Crippen LogP contribution in [0.5, 0.6) is 0 Å². The van der Waals surface area contributed by atoms with Crippen LogP contribution in [-0.4, -0.2) is 46.0 Å². The molecule has 134 valence electrons. The van der Waals surface area contributed by atoms with Gasteiger partial charge in [-0.15, -0.1) is 5.10 Å². The molecule has 0 spiro atoms. The number of urea groups is 1. The predicted molar refractivity (Wildman–Crippen MR) is 98.7 cm³/mol. The zero-order valence-electron chi connectivity index (χ0n) is 14.3. The highest BCUT2D eigenvalue weighted by Gasteiger charge is 2.51. The molecule has 0 radical (unpaired) electrons. The predicted octanol–water partition coefficient (Wildman–Crippen LogP) is 3.25. The van der Waals surface area contributed by atoms with E-state index in [9.17, 15) is 4.79 Å². The first kappa shape index (κ1) is 15.9. The lowest BCUT2D eigenvalue weighted by Crippen LogP contribution is -2.35. The summed E-state index contributed by atoms with van der Waals surface area (Å²) in [5.74, 6) is 1.36. The van der Waals surface area contributed by atoms with Gasteiger partial charge in [0, 0.05) is 36.7 Å². The smallest absolute Gasteiger partial charge is 0.323 e. The molecule has 7 heteroatoms. The van der Waals surface area contributed by atoms with Crippen LogP contribution in [0.25, 0.3) is 5.69 Å². The van der Waals surface area contributed by atoms with Crippen LogP contribution in [0.1, 0.15) is 5.69 Å². The number of benzene rings is 1. The molecule has 5 rings (SSSR count). The van der Waals surface area contributed by atoms with Gasteiger partial charge < -0.3 is 9.64 Å². The van der Waals surface area contributed by atoms with Crippen molar-refractivity contribution in [3.05, 3.63) is 53.2 Å². The SMILES string of the molecule is Cc1cc(NC(=O)N2CC3C4C=CC(O4)C3C2)nn1-c1ccccc1Cl. The number of nitrogens with one attached hydrogen (secondary N) is 1. The Morgan fingerprint density at radius 1 is 1.23 bits per heavy atom. The van der Waals surface area contributed by atoms with E-state index in [4.69, 9.17) is 16.3 Å². The van der Waals surface area contributed by atoms with Crippen molar-refractivity contribution in [1.82, 2.24) is 14.7 Å². The van der Waals surface area contributed by atoms with Gasteiger partial charge in [0.25, 0.3) is 0 Å². The van der Waals surface area contributed by atoms with Gasteiger partial charge >= 0.3 is 6.03 Å². The van der Waals surface area contributed by atoms with Crippen molar-refractivity contribution in [2.45, 2.75) is 19.1 Å². The number of para-hydroxylation sites is 1. The Morgan fingerprint density at radius 2 is 1.92 bits per heavy atom. The van der Waals surface area contributed by atoms with Crippen molar-refractivity contribution >= 4 is 23.4 Å². The summed E-state index contributed by atoms with van der Waals surface area (Å²) in [6.45, 7) is 3.39. The van der Waals surface area contributed by atoms with Crippen molar-refractivity contribution in [2.24, 2.45) is 11.8 Å². The van der Waals surface area contributed by atoms with E-state index in [0.717, 1.165) is 24.5 Å². The fourth-order valence-electron chi connectivity index (χ4n) is 4.29. The molecule has 2 saturated heterocycles. The summed E-state index contributed by atoms with van der Waals surface area (Å²) < 4.78 is 7.61. The molecule has 2 aromatic rings. The maximum absolute atomic E-state index is 12.7. The average molecular weight is 371 g/mol. The third-order valence-corrected chi connectivity index (χ3v) is 5.87. The van der Waals surface area contributed by atoms with Gasteiger partial charge in [0.05, 0.1) is 22.9 Å². The lowest BCUT2D eigenvalue weighted by atomic mass is 9.86. The monoisotopic (exact) mass is 370 g/mol. The Balaban J connectivity index is 1.31. The van der Waals surface area contributed by atoms with E-state index in [2.05, 4.69) is 22.6 Å². The maximum atomic E-state index is 12.7. The maximum Gasteiger partial charge on any atom is 0.323 e. The second-order valence-corrected chi connectivity index (χ2v) is 7.55. The molecule has 2 fully saturated rings. The summed E-state index contributed by atoms with van der Waals surface area (Å²) in [6, 6.07) is 9.26. The highest BCUT2D eigenvalue weighted by atomic mass is 35.5. The minimum absolute atomic E-state index is 0.109. The van der Waals surface area contributed by atoms with Crippen LogP contribution in [-0.2, 0) is 4.74 Å². The Kier molecular flexibility index (Phi) is 3.58. The van der Waals surface area contributed by atoms with Gasteiger partial charge in [-0.25, -0.2) is 9.48 Å². The molecule has 1 aromatic carbocycles. The summed E-state index contributed by atoms with van der Waals surface area (Å²) in [7, 11) is 0. The van der Waals surface area contributed by atoms with Crippen LogP contribution in [0.15, 0.2) is 42.5 Å². The number of carbonyl (C=O) groups is 1. The quantitative estimate of drug-likeness (QED) is 0.825. The largest absolute Gasteiger partial charge is 0.366 e. The van der Waals surface area contributed by atoms with Crippen molar-refractivity contribution in [3.63, 3.8) is 0 Å². The molecule has 2 bridgehead atoms. The van der Waals surface area contributed by atoms with Gasteiger partial charge in [0.2, 0.25) is 0 Å². The molecule has 1 aromatic heterocycles. The number of anilines is 1. The van der Waals surface area contributed by atoms with Crippen molar-refractivity contribution in [2.75, 3.05) is 18.4 Å². The second-order valence-electron chi connectivity index (χ2n) is 7.15. The average Bonchev–Trinajstić information content (AvgIpc) is 3.36. The van der Waals surface area contributed by atoms with Gasteiger partial charge in [-0.05, 0) is 19.1 Å². The van der Waals surface area contributed by atoms with E-state index in [0.29, 0.717) is 22.7 Å². The van der Waals surface area contributed by atoms with E-state index in [1.54, 1.807) is 4.68 Å². The minimum Gasteiger partial charge on any atom is -0.366 e. The molecule has 0 aliphatic carbocycles. The number of nitrogens with zero attached hydrogens (tertiary/aromatic N) is 3. The standard InChI is InChI=1S/C19H19ClN4O2/c1-11-8-18(22-24(11)15-5-3-2-4-14(15)20)21-19(25)23-9-12-13(10-23)17-7-6-16(12)26-17/h2-8,12-13,16-17H,9-10H2,1H3,(H,21,22,25). The highest BCUT2D eigenvalue weighted by Crippen LogP contribution is 2.43. The Hall–Kier alpha value is -2.31. The number of aromatic nitrogens is 2. The van der Waals surface area contributed by atoms with Crippen molar-refractivity contribution in [1.29, 1.82) is 0 Å². The molecule has 26 heavy (non-hydrogen) atoms. The lowest BCUT2D eigenvalue weighted by molar-refractivity contribution is 0.0892. The fourth-order valence-corrected chi connectivity index (χ4v) is 4.50. The first-order valence-corrected chi connectivity index (χ1v) is 9.19. The summed E-state index contributed by atoms with van der Waals surface area (Å²) in [5, 5.41) is 8.05. The lowest BCUT2D eigenvalue weighted by Gasteiger charge is -2.18. The Bertz CT molecular complexity index is 889. The normalized spacial score (nSPS) is 28.6. The number of hydrogen-bond donors (Lipinski definition) is 1. The number of hydrogen-bond acceptors (Lipinski definition) is 3. The second kappa shape index (κ2) is 5.86. The van der Waals surface area contributed by atoms with Gasteiger partial charge in [-0.1, -0.05) is 35.9 Å². The number of halogens is 1. The van der Waals surface area contributed by atoms with Gasteiger partial charge in [0.15, 0.2) is 5.82 Å². The molecule has 1 N–H and O–H groups in total. The van der Waals surface area contributed by atoms with E-state index < -0.39 is 0 Å². The highest BCUT2D eigenvalue weighted by molar-refractivity contribution is 6.32. The van der Waals surface area contributed by atoms with E-state index >= 15 is 0 Å². The molecular weight excluding hydrogens is 352 g/mol. The summed E-state index contributed by atoms with van der Waals surface area (Å²) in [4.78, 5) is 14.6. The number of carbonyl (C=O) groups excluding carboxylic acids is 1. The van der Waals surface area contributed by atoms with Crippen molar-refractivity contribution < 1.29 is 9.53 Å². The number of aryl methyl sites for hydroxylation is 1. The number of rotatable bonds is 2. The van der Waals surface area contributed by atoms with Gasteiger partial charge in [0.1, 0.15) is 0 Å². The molecule has 6 nitrogen and oxygen atoms in total. The molecule has 2 amide bonds. The topological polar surface area (TPSA) is 59.4 Å². The summed E-state index contributed by atoms with van der Waals surface area (Å²) in [6.07, 6.45) is 4.60. The molecule has 0 saturated carbocycles. The molecular formula is C19H19ClN4O2. The zero-order chi connectivity index (χ0) is 17.8. The van der Waals surface area contributed by atoms with Gasteiger partial charge in [-0.3, -0.25) is 5.32 Å². The van der Waals surface area contributed by atoms with E-state index in [-0.39, 0.29) is 18.2 Å². The number of ether oxygens (including phenoxy) is 1. The first-order valence-electron chi connectivity index (χ1n) is 8.81. The summed E-state index contributed by atoms with van der Waals surface area (Å²) >= 11 is 6.26.